The maximum absolute atomic E-state index is 12.8. The van der Waals surface area contributed by atoms with Crippen LogP contribution in [0.4, 0.5) is 0 Å². The smallest absolute Gasteiger partial charge is 0.232 e. The van der Waals surface area contributed by atoms with E-state index in [1.807, 2.05) is 42.5 Å². The molecule has 1 N–H and O–H groups in total. The van der Waals surface area contributed by atoms with Crippen molar-refractivity contribution in [1.82, 2.24) is 10.5 Å². The highest BCUT2D eigenvalue weighted by atomic mass is 16.5. The SMILES string of the molecule is COc1ccc(-c2cc(C3(C(=O)NCCCc4ccccc4)CC3)no2)cc1OC. The molecule has 6 nitrogen and oxygen atoms in total. The zero-order valence-corrected chi connectivity index (χ0v) is 17.3. The first-order valence-corrected chi connectivity index (χ1v) is 10.2. The van der Waals surface area contributed by atoms with Crippen molar-refractivity contribution in [3.63, 3.8) is 0 Å². The molecule has 0 spiro atoms. The van der Waals surface area contributed by atoms with Crippen molar-refractivity contribution >= 4 is 5.91 Å². The molecule has 1 aliphatic carbocycles. The average molecular weight is 406 g/mol. The number of methoxy groups -OCH3 is 2. The van der Waals surface area contributed by atoms with Gasteiger partial charge < -0.3 is 19.3 Å². The highest BCUT2D eigenvalue weighted by Crippen LogP contribution is 2.48. The molecular formula is C24H26N2O4. The number of aromatic nitrogens is 1. The first-order chi connectivity index (χ1) is 14.7. The van der Waals surface area contributed by atoms with Gasteiger partial charge in [-0.1, -0.05) is 35.5 Å². The Labute approximate surface area is 176 Å². The summed E-state index contributed by atoms with van der Waals surface area (Å²) in [5.74, 6) is 1.90. The number of ether oxygens (including phenoxy) is 2. The van der Waals surface area contributed by atoms with Gasteiger partial charge in [0, 0.05) is 18.2 Å². The van der Waals surface area contributed by atoms with Gasteiger partial charge in [-0.05, 0) is 49.4 Å². The fourth-order valence-corrected chi connectivity index (χ4v) is 3.66. The lowest BCUT2D eigenvalue weighted by molar-refractivity contribution is -0.123. The summed E-state index contributed by atoms with van der Waals surface area (Å²) >= 11 is 0. The molecule has 1 amide bonds. The van der Waals surface area contributed by atoms with E-state index in [1.165, 1.54) is 5.56 Å². The molecule has 30 heavy (non-hydrogen) atoms. The third-order valence-electron chi connectivity index (χ3n) is 5.62. The van der Waals surface area contributed by atoms with Gasteiger partial charge in [-0.2, -0.15) is 0 Å². The Hall–Kier alpha value is -3.28. The van der Waals surface area contributed by atoms with E-state index in [0.717, 1.165) is 31.2 Å². The van der Waals surface area contributed by atoms with Crippen LogP contribution in [0.1, 0.15) is 30.5 Å². The van der Waals surface area contributed by atoms with Crippen molar-refractivity contribution < 1.29 is 18.8 Å². The van der Waals surface area contributed by atoms with E-state index in [-0.39, 0.29) is 5.91 Å². The zero-order chi connectivity index (χ0) is 21.0. The first kappa shape index (κ1) is 20.0. The van der Waals surface area contributed by atoms with E-state index >= 15 is 0 Å². The summed E-state index contributed by atoms with van der Waals surface area (Å²) in [7, 11) is 3.19. The van der Waals surface area contributed by atoms with Crippen molar-refractivity contribution in [3.05, 3.63) is 65.9 Å². The van der Waals surface area contributed by atoms with Crippen LogP contribution in [-0.4, -0.2) is 31.8 Å². The number of nitrogens with one attached hydrogen (secondary N) is 1. The van der Waals surface area contributed by atoms with Gasteiger partial charge in [-0.3, -0.25) is 4.79 Å². The fraction of sp³-hybridized carbons (Fsp3) is 0.333. The zero-order valence-electron chi connectivity index (χ0n) is 17.3. The molecule has 0 unspecified atom stereocenters. The minimum absolute atomic E-state index is 0.0303. The van der Waals surface area contributed by atoms with E-state index in [4.69, 9.17) is 14.0 Å². The van der Waals surface area contributed by atoms with Gasteiger partial charge in [0.2, 0.25) is 5.91 Å². The predicted molar refractivity (Wildman–Crippen MR) is 114 cm³/mol. The molecule has 0 radical (unpaired) electrons. The molecule has 6 heteroatoms. The second-order valence-corrected chi connectivity index (χ2v) is 7.57. The molecule has 3 aromatic rings. The molecule has 0 bridgehead atoms. The van der Waals surface area contributed by atoms with Crippen LogP contribution in [0.3, 0.4) is 0 Å². The Morgan fingerprint density at radius 1 is 1.07 bits per heavy atom. The van der Waals surface area contributed by atoms with Gasteiger partial charge in [0.1, 0.15) is 0 Å². The Bertz CT molecular complexity index is 1010. The van der Waals surface area contributed by atoms with Crippen LogP contribution in [0.2, 0.25) is 0 Å². The standard InChI is InChI=1S/C24H26N2O4/c1-28-19-11-10-18(15-21(19)29-2)20-16-22(26-30-20)24(12-13-24)23(27)25-14-6-9-17-7-4-3-5-8-17/h3-5,7-8,10-11,15-16H,6,9,12-14H2,1-2H3,(H,25,27). The Kier molecular flexibility index (Phi) is 5.74. The average Bonchev–Trinajstić information content (AvgIpc) is 3.46. The van der Waals surface area contributed by atoms with Crippen LogP contribution in [-0.2, 0) is 16.6 Å². The van der Waals surface area contributed by atoms with Crippen LogP contribution >= 0.6 is 0 Å². The largest absolute Gasteiger partial charge is 0.493 e. The van der Waals surface area contributed by atoms with Gasteiger partial charge in [0.15, 0.2) is 17.3 Å². The quantitative estimate of drug-likeness (QED) is 0.541. The second-order valence-electron chi connectivity index (χ2n) is 7.57. The second kappa shape index (κ2) is 8.61. The molecule has 1 saturated carbocycles. The minimum Gasteiger partial charge on any atom is -0.493 e. The molecule has 1 aliphatic rings. The molecule has 4 rings (SSSR count). The minimum atomic E-state index is -0.564. The number of hydrogen-bond acceptors (Lipinski definition) is 5. The monoisotopic (exact) mass is 406 g/mol. The van der Waals surface area contributed by atoms with Crippen molar-refractivity contribution in [1.29, 1.82) is 0 Å². The van der Waals surface area contributed by atoms with Gasteiger partial charge in [-0.15, -0.1) is 0 Å². The number of hydrogen-bond donors (Lipinski definition) is 1. The molecule has 1 aromatic heterocycles. The summed E-state index contributed by atoms with van der Waals surface area (Å²) < 4.78 is 16.2. The number of nitrogens with zero attached hydrogens (tertiary/aromatic N) is 1. The Morgan fingerprint density at radius 3 is 2.53 bits per heavy atom. The topological polar surface area (TPSA) is 73.6 Å². The third kappa shape index (κ3) is 4.03. The Morgan fingerprint density at radius 2 is 1.83 bits per heavy atom. The summed E-state index contributed by atoms with van der Waals surface area (Å²) in [6.45, 7) is 0.649. The van der Waals surface area contributed by atoms with Crippen LogP contribution < -0.4 is 14.8 Å². The van der Waals surface area contributed by atoms with Crippen molar-refractivity contribution in [2.45, 2.75) is 31.1 Å². The van der Waals surface area contributed by atoms with Crippen LogP contribution in [0.5, 0.6) is 11.5 Å². The molecule has 0 saturated heterocycles. The summed E-state index contributed by atoms with van der Waals surface area (Å²) in [6.07, 6.45) is 3.42. The third-order valence-corrected chi connectivity index (χ3v) is 5.62. The lowest BCUT2D eigenvalue weighted by Crippen LogP contribution is -2.35. The number of rotatable bonds is 9. The van der Waals surface area contributed by atoms with Crippen LogP contribution in [0.25, 0.3) is 11.3 Å². The van der Waals surface area contributed by atoms with Crippen LogP contribution in [0.15, 0.2) is 59.1 Å². The normalized spacial score (nSPS) is 14.2. The highest BCUT2D eigenvalue weighted by Gasteiger charge is 2.53. The summed E-state index contributed by atoms with van der Waals surface area (Å²) in [5, 5.41) is 7.29. The molecule has 156 valence electrons. The maximum atomic E-state index is 12.8. The number of carbonyl (C=O) groups excluding carboxylic acids is 1. The summed E-state index contributed by atoms with van der Waals surface area (Å²) in [4.78, 5) is 12.8. The van der Waals surface area contributed by atoms with E-state index in [2.05, 4.69) is 22.6 Å². The van der Waals surface area contributed by atoms with Crippen molar-refractivity contribution in [2.24, 2.45) is 0 Å². The van der Waals surface area contributed by atoms with Gasteiger partial charge >= 0.3 is 0 Å². The number of amides is 1. The number of aryl methyl sites for hydroxylation is 1. The number of carbonyl (C=O) groups is 1. The highest BCUT2D eigenvalue weighted by molar-refractivity contribution is 5.91. The van der Waals surface area contributed by atoms with E-state index in [9.17, 15) is 4.79 Å². The molecule has 0 aliphatic heterocycles. The molecule has 1 heterocycles. The molecular weight excluding hydrogens is 380 g/mol. The van der Waals surface area contributed by atoms with Crippen molar-refractivity contribution in [3.8, 4) is 22.8 Å². The lowest BCUT2D eigenvalue weighted by atomic mass is 10.00. The molecule has 1 fully saturated rings. The van der Waals surface area contributed by atoms with Gasteiger partial charge in [0.25, 0.3) is 0 Å². The molecule has 0 atom stereocenters. The number of benzene rings is 2. The first-order valence-electron chi connectivity index (χ1n) is 10.2. The van der Waals surface area contributed by atoms with Gasteiger partial charge in [0.05, 0.1) is 25.3 Å². The summed E-state index contributed by atoms with van der Waals surface area (Å²) in [5.41, 5.74) is 2.23. The van der Waals surface area contributed by atoms with E-state index < -0.39 is 5.41 Å². The predicted octanol–water partition coefficient (Wildman–Crippen LogP) is 4.14. The van der Waals surface area contributed by atoms with E-state index in [1.54, 1.807) is 14.2 Å². The van der Waals surface area contributed by atoms with Crippen LogP contribution in [0, 0.1) is 0 Å². The summed E-state index contributed by atoms with van der Waals surface area (Å²) in [6, 6.07) is 17.7. The van der Waals surface area contributed by atoms with Crippen molar-refractivity contribution in [2.75, 3.05) is 20.8 Å². The van der Waals surface area contributed by atoms with Gasteiger partial charge in [-0.25, -0.2) is 0 Å². The lowest BCUT2D eigenvalue weighted by Gasteiger charge is -2.12. The fourth-order valence-electron chi connectivity index (χ4n) is 3.66. The Balaban J connectivity index is 1.39. The van der Waals surface area contributed by atoms with E-state index in [0.29, 0.717) is 29.5 Å². The molecule has 2 aromatic carbocycles. The maximum Gasteiger partial charge on any atom is 0.232 e.